The van der Waals surface area contributed by atoms with E-state index in [1.807, 2.05) is 0 Å². The molecule has 0 saturated carbocycles. The maximum absolute atomic E-state index is 13.6. The molecule has 3 heterocycles. The summed E-state index contributed by atoms with van der Waals surface area (Å²) in [6.07, 6.45) is 9.73. The van der Waals surface area contributed by atoms with Gasteiger partial charge in [0.05, 0.1) is 7.11 Å². The average molecular weight is 639 g/mol. The summed E-state index contributed by atoms with van der Waals surface area (Å²) < 4.78 is 18.1. The van der Waals surface area contributed by atoms with Gasteiger partial charge in [-0.2, -0.15) is 0 Å². The number of aliphatic hydroxyl groups is 2. The van der Waals surface area contributed by atoms with E-state index in [4.69, 9.17) is 19.9 Å². The van der Waals surface area contributed by atoms with Gasteiger partial charge in [-0.3, -0.25) is 19.1 Å². The molecule has 1 aromatic rings. The first-order chi connectivity index (χ1) is 21.7. The Morgan fingerprint density at radius 3 is 2.04 bits per heavy atom. The first-order valence-corrected chi connectivity index (χ1v) is 16.8. The lowest BCUT2D eigenvalue weighted by atomic mass is 9.98. The summed E-state index contributed by atoms with van der Waals surface area (Å²) in [4.78, 5) is 54.1. The number of aliphatic hydroxyl groups excluding tert-OH is 2. The van der Waals surface area contributed by atoms with E-state index in [9.17, 15) is 29.4 Å². The van der Waals surface area contributed by atoms with E-state index >= 15 is 0 Å². The van der Waals surface area contributed by atoms with Gasteiger partial charge < -0.3 is 35.1 Å². The summed E-state index contributed by atoms with van der Waals surface area (Å²) >= 11 is 0. The number of hydrogen-bond acceptors (Lipinski definition) is 10. The predicted octanol–water partition coefficient (Wildman–Crippen LogP) is 2.47. The maximum Gasteiger partial charge on any atom is 0.331 e. The van der Waals surface area contributed by atoms with Crippen molar-refractivity contribution >= 4 is 11.9 Å². The number of esters is 1. The number of ether oxygens (including phenoxy) is 3. The first-order valence-electron chi connectivity index (χ1n) is 16.8. The van der Waals surface area contributed by atoms with Gasteiger partial charge in [0.2, 0.25) is 5.91 Å². The van der Waals surface area contributed by atoms with Crippen molar-refractivity contribution in [1.82, 2.24) is 14.5 Å². The largest absolute Gasteiger partial charge is 0.467 e. The van der Waals surface area contributed by atoms with Crippen LogP contribution in [0.1, 0.15) is 116 Å². The summed E-state index contributed by atoms with van der Waals surface area (Å²) in [5.74, 6) is -1.02. The van der Waals surface area contributed by atoms with Crippen LogP contribution >= 0.6 is 0 Å². The molecule has 2 aliphatic heterocycles. The average Bonchev–Trinajstić information content (AvgIpc) is 3.54. The van der Waals surface area contributed by atoms with Crippen molar-refractivity contribution in [2.24, 2.45) is 5.73 Å². The molecule has 13 heteroatoms. The highest BCUT2D eigenvalue weighted by Gasteiger charge is 2.58. The lowest BCUT2D eigenvalue weighted by Gasteiger charge is -2.29. The molecule has 45 heavy (non-hydrogen) atoms. The fraction of sp³-hybridized carbons (Fsp3) is 0.812. The van der Waals surface area contributed by atoms with E-state index < -0.39 is 60.1 Å². The molecule has 2 aliphatic rings. The summed E-state index contributed by atoms with van der Waals surface area (Å²) in [5.41, 5.74) is 4.26. The highest BCUT2D eigenvalue weighted by molar-refractivity contribution is 5.86. The van der Waals surface area contributed by atoms with E-state index in [0.717, 1.165) is 36.1 Å². The van der Waals surface area contributed by atoms with Gasteiger partial charge in [-0.25, -0.2) is 9.59 Å². The third-order valence-electron chi connectivity index (χ3n) is 8.84. The van der Waals surface area contributed by atoms with Crippen LogP contribution in [0.4, 0.5) is 0 Å². The first kappa shape index (κ1) is 36.9. The fourth-order valence-corrected chi connectivity index (χ4v) is 6.34. The standard InChI is InChI=1S/C32H54N4O9/c1-3-4-5-6-7-8-9-10-11-12-13-14-15-17-23(38)36-24(18-16-20-33)44-28(25(36)31(41)43-2)29-26(39)27(40)30(45-29)35-21-19-22(37)34-32(35)42/h19,21,24-30,39-40H,3-18,20,33H2,1-2H3,(H,34,37,42)/t24-,25+,26+,27-,28+,29+,30-/m1/s1. The molecule has 1 aromatic heterocycles. The molecule has 13 nitrogen and oxygen atoms in total. The lowest BCUT2D eigenvalue weighted by molar-refractivity contribution is -0.155. The number of carbonyl (C=O) groups excluding carboxylic acids is 2. The molecule has 0 radical (unpaired) electrons. The van der Waals surface area contributed by atoms with Crippen LogP contribution in [0.3, 0.4) is 0 Å². The number of amides is 1. The second kappa shape index (κ2) is 19.2. The zero-order valence-corrected chi connectivity index (χ0v) is 26.9. The van der Waals surface area contributed by atoms with Gasteiger partial charge in [-0.1, -0.05) is 84.0 Å². The van der Waals surface area contributed by atoms with Crippen LogP contribution in [0.2, 0.25) is 0 Å². The molecular formula is C32H54N4O9. The number of nitrogens with zero attached hydrogens (tertiary/aromatic N) is 2. The summed E-state index contributed by atoms with van der Waals surface area (Å²) in [5, 5.41) is 21.8. The van der Waals surface area contributed by atoms with Gasteiger partial charge in [0.15, 0.2) is 12.3 Å². The molecule has 0 bridgehead atoms. The zero-order chi connectivity index (χ0) is 32.8. The predicted molar refractivity (Wildman–Crippen MR) is 167 cm³/mol. The van der Waals surface area contributed by atoms with Crippen LogP contribution < -0.4 is 17.0 Å². The number of nitrogens with two attached hydrogens (primary N) is 1. The Morgan fingerprint density at radius 2 is 1.49 bits per heavy atom. The Bertz CT molecular complexity index is 1160. The SMILES string of the molecule is CCCCCCCCCCCCCCCC(=O)N1[C@H](C(=O)OC)[C@@H]([C@H]2O[C@@H](n3ccc(=O)[nH]c3=O)[C@H](O)[C@@H]2O)O[C@@H]1CCCN. The molecule has 2 fully saturated rings. The van der Waals surface area contributed by atoms with Crippen molar-refractivity contribution < 1.29 is 34.0 Å². The monoisotopic (exact) mass is 638 g/mol. The second-order valence-corrected chi connectivity index (χ2v) is 12.2. The molecule has 0 aliphatic carbocycles. The fourth-order valence-electron chi connectivity index (χ4n) is 6.34. The molecule has 7 atom stereocenters. The molecule has 5 N–H and O–H groups in total. The number of aromatic nitrogens is 2. The van der Waals surface area contributed by atoms with Crippen LogP contribution in [0.25, 0.3) is 0 Å². The maximum atomic E-state index is 13.6. The Balaban J connectivity index is 1.59. The van der Waals surface area contributed by atoms with Crippen molar-refractivity contribution in [1.29, 1.82) is 0 Å². The van der Waals surface area contributed by atoms with Crippen LogP contribution in [-0.4, -0.2) is 86.9 Å². The highest BCUT2D eigenvalue weighted by atomic mass is 16.6. The number of unbranched alkanes of at least 4 members (excludes halogenated alkanes) is 12. The van der Waals surface area contributed by atoms with Crippen molar-refractivity contribution in [3.05, 3.63) is 33.1 Å². The van der Waals surface area contributed by atoms with Crippen molar-refractivity contribution in [3.8, 4) is 0 Å². The van der Waals surface area contributed by atoms with Gasteiger partial charge in [0, 0.05) is 18.7 Å². The van der Waals surface area contributed by atoms with Crippen LogP contribution in [0.15, 0.2) is 21.9 Å². The van der Waals surface area contributed by atoms with Gasteiger partial charge in [-0.05, 0) is 25.8 Å². The summed E-state index contributed by atoms with van der Waals surface area (Å²) in [7, 11) is 1.20. The summed E-state index contributed by atoms with van der Waals surface area (Å²) in [6.45, 7) is 2.57. The molecule has 256 valence electrons. The number of hydrogen-bond donors (Lipinski definition) is 4. The van der Waals surface area contributed by atoms with Crippen LogP contribution in [0.5, 0.6) is 0 Å². The number of nitrogens with one attached hydrogen (secondary N) is 1. The Morgan fingerprint density at radius 1 is 0.889 bits per heavy atom. The summed E-state index contributed by atoms with van der Waals surface area (Å²) in [6, 6.07) is -0.162. The Labute approximate surface area is 265 Å². The minimum Gasteiger partial charge on any atom is -0.467 e. The lowest BCUT2D eigenvalue weighted by Crippen LogP contribution is -2.52. The molecule has 2 saturated heterocycles. The van der Waals surface area contributed by atoms with Gasteiger partial charge in [-0.15, -0.1) is 0 Å². The van der Waals surface area contributed by atoms with Crippen molar-refractivity contribution in [2.75, 3.05) is 13.7 Å². The van der Waals surface area contributed by atoms with Crippen LogP contribution in [0, 0.1) is 0 Å². The minimum atomic E-state index is -1.58. The third-order valence-corrected chi connectivity index (χ3v) is 8.84. The van der Waals surface area contributed by atoms with Crippen molar-refractivity contribution in [2.45, 2.75) is 153 Å². The Kier molecular flexibility index (Phi) is 15.7. The topological polar surface area (TPSA) is 186 Å². The molecule has 3 rings (SSSR count). The van der Waals surface area contributed by atoms with E-state index in [2.05, 4.69) is 11.9 Å². The second-order valence-electron chi connectivity index (χ2n) is 12.2. The van der Waals surface area contributed by atoms with Gasteiger partial charge in [0.25, 0.3) is 5.56 Å². The number of methoxy groups -OCH3 is 1. The van der Waals surface area contributed by atoms with Crippen LogP contribution in [-0.2, 0) is 23.8 Å². The number of H-pyrrole nitrogens is 1. The molecule has 0 unspecified atom stereocenters. The third kappa shape index (κ3) is 10.2. The van der Waals surface area contributed by atoms with E-state index in [1.54, 1.807) is 0 Å². The minimum absolute atomic E-state index is 0.215. The molecule has 0 aromatic carbocycles. The molecule has 0 spiro atoms. The highest BCUT2D eigenvalue weighted by Crippen LogP contribution is 2.38. The van der Waals surface area contributed by atoms with Crippen molar-refractivity contribution in [3.63, 3.8) is 0 Å². The smallest absolute Gasteiger partial charge is 0.331 e. The molecular weight excluding hydrogens is 584 g/mol. The van der Waals surface area contributed by atoms with Gasteiger partial charge in [0.1, 0.15) is 30.6 Å². The normalized spacial score (nSPS) is 26.4. The van der Waals surface area contributed by atoms with E-state index in [1.165, 1.54) is 69.8 Å². The van der Waals surface area contributed by atoms with Gasteiger partial charge >= 0.3 is 11.7 Å². The quantitative estimate of drug-likeness (QED) is 0.122. The van der Waals surface area contributed by atoms with E-state index in [-0.39, 0.29) is 12.3 Å². The Hall–Kier alpha value is -2.58. The zero-order valence-electron chi connectivity index (χ0n) is 26.9. The number of carbonyl (C=O) groups is 2. The number of rotatable bonds is 20. The molecule has 1 amide bonds. The van der Waals surface area contributed by atoms with E-state index in [0.29, 0.717) is 25.8 Å². The number of aromatic amines is 1.